The molecule has 0 saturated heterocycles. The lowest BCUT2D eigenvalue weighted by Crippen LogP contribution is -2.30. The number of carbonyl (C=O) groups excluding carboxylic acids is 3. The van der Waals surface area contributed by atoms with Crippen molar-refractivity contribution >= 4 is 17.9 Å². The third-order valence-electron chi connectivity index (χ3n) is 11.0. The van der Waals surface area contributed by atoms with Gasteiger partial charge in [0, 0.05) is 19.3 Å². The summed E-state index contributed by atoms with van der Waals surface area (Å²) in [4.78, 5) is 37.7. The first-order valence-electron chi connectivity index (χ1n) is 25.8. The summed E-state index contributed by atoms with van der Waals surface area (Å²) in [5, 5.41) is 0. The van der Waals surface area contributed by atoms with Crippen molar-refractivity contribution in [3.05, 3.63) is 60.8 Å². The highest BCUT2D eigenvalue weighted by Gasteiger charge is 2.19. The summed E-state index contributed by atoms with van der Waals surface area (Å²) < 4.78 is 16.7. The van der Waals surface area contributed by atoms with Crippen LogP contribution in [0.15, 0.2) is 60.8 Å². The molecule has 0 N–H and O–H groups in total. The molecule has 61 heavy (non-hydrogen) atoms. The lowest BCUT2D eigenvalue weighted by atomic mass is 10.1. The second-order valence-electron chi connectivity index (χ2n) is 17.1. The average molecular weight is 853 g/mol. The summed E-state index contributed by atoms with van der Waals surface area (Å²) in [7, 11) is 0. The van der Waals surface area contributed by atoms with Crippen LogP contribution in [0.2, 0.25) is 0 Å². The Hall–Kier alpha value is -2.89. The van der Waals surface area contributed by atoms with Gasteiger partial charge in [0.15, 0.2) is 6.10 Å². The third kappa shape index (κ3) is 48.0. The van der Waals surface area contributed by atoms with Gasteiger partial charge in [-0.05, 0) is 83.5 Å². The second-order valence-corrected chi connectivity index (χ2v) is 17.1. The van der Waals surface area contributed by atoms with E-state index in [0.717, 1.165) is 96.3 Å². The predicted molar refractivity (Wildman–Crippen MR) is 261 cm³/mol. The first-order valence-corrected chi connectivity index (χ1v) is 25.8. The van der Waals surface area contributed by atoms with Gasteiger partial charge in [-0.1, -0.05) is 210 Å². The van der Waals surface area contributed by atoms with Gasteiger partial charge in [-0.2, -0.15) is 0 Å². The Morgan fingerprint density at radius 3 is 1.02 bits per heavy atom. The van der Waals surface area contributed by atoms with Crippen LogP contribution in [0.4, 0.5) is 0 Å². The van der Waals surface area contributed by atoms with Gasteiger partial charge >= 0.3 is 17.9 Å². The molecule has 0 spiro atoms. The van der Waals surface area contributed by atoms with Crippen molar-refractivity contribution in [2.24, 2.45) is 0 Å². The quantitative estimate of drug-likeness (QED) is 0.0263. The molecule has 1 atom stereocenters. The van der Waals surface area contributed by atoms with Crippen LogP contribution in [0.25, 0.3) is 0 Å². The van der Waals surface area contributed by atoms with E-state index in [4.69, 9.17) is 14.2 Å². The molecule has 6 heteroatoms. The van der Waals surface area contributed by atoms with Crippen LogP contribution >= 0.6 is 0 Å². The summed E-state index contributed by atoms with van der Waals surface area (Å²) in [5.74, 6) is -0.907. The normalized spacial score (nSPS) is 12.5. The largest absolute Gasteiger partial charge is 0.462 e. The van der Waals surface area contributed by atoms with Gasteiger partial charge in [0.2, 0.25) is 0 Å². The van der Waals surface area contributed by atoms with Crippen LogP contribution in [0.1, 0.15) is 252 Å². The van der Waals surface area contributed by atoms with Gasteiger partial charge in [-0.25, -0.2) is 0 Å². The molecule has 0 radical (unpaired) electrons. The fraction of sp³-hybridized carbons (Fsp3) is 0.764. The van der Waals surface area contributed by atoms with Crippen LogP contribution in [-0.4, -0.2) is 37.2 Å². The molecule has 0 aromatic heterocycles. The van der Waals surface area contributed by atoms with E-state index in [0.29, 0.717) is 19.3 Å². The smallest absolute Gasteiger partial charge is 0.306 e. The molecule has 6 nitrogen and oxygen atoms in total. The molecule has 0 aliphatic rings. The van der Waals surface area contributed by atoms with Gasteiger partial charge in [0.1, 0.15) is 13.2 Å². The van der Waals surface area contributed by atoms with Crippen LogP contribution in [0, 0.1) is 0 Å². The summed E-state index contributed by atoms with van der Waals surface area (Å²) in [5.41, 5.74) is 0. The Morgan fingerprint density at radius 1 is 0.344 bits per heavy atom. The summed E-state index contributed by atoms with van der Waals surface area (Å²) in [6, 6.07) is 0. The number of ether oxygens (including phenoxy) is 3. The Kier molecular flexibility index (Phi) is 47.4. The van der Waals surface area contributed by atoms with Gasteiger partial charge in [0.25, 0.3) is 0 Å². The Bertz CT molecular complexity index is 1120. The minimum atomic E-state index is -0.776. The first kappa shape index (κ1) is 58.1. The lowest BCUT2D eigenvalue weighted by molar-refractivity contribution is -0.167. The monoisotopic (exact) mass is 853 g/mol. The molecule has 0 aliphatic heterocycles. The molecule has 352 valence electrons. The lowest BCUT2D eigenvalue weighted by Gasteiger charge is -2.18. The first-order chi connectivity index (χ1) is 30.0. The maximum absolute atomic E-state index is 12.7. The minimum absolute atomic E-state index is 0.0802. The fourth-order valence-electron chi connectivity index (χ4n) is 7.13. The molecule has 0 amide bonds. The predicted octanol–water partition coefficient (Wildman–Crippen LogP) is 16.9. The van der Waals surface area contributed by atoms with Crippen molar-refractivity contribution in [2.45, 2.75) is 258 Å². The third-order valence-corrected chi connectivity index (χ3v) is 11.0. The second kappa shape index (κ2) is 49.8. The highest BCUT2D eigenvalue weighted by molar-refractivity contribution is 5.71. The van der Waals surface area contributed by atoms with Crippen molar-refractivity contribution in [1.82, 2.24) is 0 Å². The van der Waals surface area contributed by atoms with Crippen molar-refractivity contribution in [3.63, 3.8) is 0 Å². The van der Waals surface area contributed by atoms with E-state index in [2.05, 4.69) is 81.5 Å². The molecular formula is C55H96O6. The molecule has 0 saturated carbocycles. The van der Waals surface area contributed by atoms with Gasteiger partial charge in [-0.3, -0.25) is 14.4 Å². The molecule has 0 fully saturated rings. The minimum Gasteiger partial charge on any atom is -0.462 e. The van der Waals surface area contributed by atoms with Crippen molar-refractivity contribution in [2.75, 3.05) is 13.2 Å². The Balaban J connectivity index is 4.18. The molecular weight excluding hydrogens is 757 g/mol. The van der Waals surface area contributed by atoms with Gasteiger partial charge in [0.05, 0.1) is 0 Å². The standard InChI is InChI=1S/C55H96O6/c1-4-7-10-13-15-17-19-21-23-25-27-29-31-33-35-37-39-42-45-48-54(57)60-51-52(50-59-53(56)47-44-41-12-9-6-3)61-55(58)49-46-43-40-38-36-34-32-30-28-26-24-22-20-18-16-14-11-8-5-2/h7,10,15,17,21-24,27,29,52H,4-6,8-9,11-14,16,18-20,25-26,28,30-51H2,1-3H3/b10-7-,17-15-,23-21-,24-22-,29-27-. The summed E-state index contributed by atoms with van der Waals surface area (Å²) in [6.07, 6.45) is 61.0. The van der Waals surface area contributed by atoms with E-state index in [9.17, 15) is 14.4 Å². The van der Waals surface area contributed by atoms with Crippen molar-refractivity contribution < 1.29 is 28.6 Å². The zero-order valence-electron chi connectivity index (χ0n) is 40.2. The summed E-state index contributed by atoms with van der Waals surface area (Å²) in [6.45, 7) is 6.43. The van der Waals surface area contributed by atoms with Crippen molar-refractivity contribution in [1.29, 1.82) is 0 Å². The number of esters is 3. The highest BCUT2D eigenvalue weighted by Crippen LogP contribution is 2.15. The van der Waals surface area contributed by atoms with Crippen LogP contribution in [0.5, 0.6) is 0 Å². The molecule has 0 aromatic carbocycles. The average Bonchev–Trinajstić information content (AvgIpc) is 3.26. The van der Waals surface area contributed by atoms with Gasteiger partial charge in [-0.15, -0.1) is 0 Å². The zero-order chi connectivity index (χ0) is 44.4. The number of allylic oxidation sites excluding steroid dienone is 10. The molecule has 0 aliphatic carbocycles. The van der Waals surface area contributed by atoms with E-state index in [1.54, 1.807) is 0 Å². The Morgan fingerprint density at radius 2 is 0.639 bits per heavy atom. The number of rotatable bonds is 46. The van der Waals surface area contributed by atoms with Crippen LogP contribution in [-0.2, 0) is 28.6 Å². The summed E-state index contributed by atoms with van der Waals surface area (Å²) >= 11 is 0. The maximum Gasteiger partial charge on any atom is 0.306 e. The van der Waals surface area contributed by atoms with E-state index < -0.39 is 6.10 Å². The highest BCUT2D eigenvalue weighted by atomic mass is 16.6. The fourth-order valence-corrected chi connectivity index (χ4v) is 7.13. The number of hydrogen-bond acceptors (Lipinski definition) is 6. The number of hydrogen-bond donors (Lipinski definition) is 0. The van der Waals surface area contributed by atoms with Gasteiger partial charge < -0.3 is 14.2 Å². The van der Waals surface area contributed by atoms with E-state index in [-0.39, 0.29) is 31.1 Å². The van der Waals surface area contributed by atoms with Crippen molar-refractivity contribution in [3.8, 4) is 0 Å². The van der Waals surface area contributed by atoms with Crippen LogP contribution < -0.4 is 0 Å². The number of unbranched alkanes of at least 4 members (excludes halogenated alkanes) is 25. The molecule has 1 unspecified atom stereocenters. The SMILES string of the molecule is CC/C=C\C/C=C\C/C=C\C/C=C\CCCCCCCCC(=O)OCC(COC(=O)CCCCCCC)OC(=O)CCCCCCCCCCC/C=C\CCCCCCCC. The molecule has 0 bridgehead atoms. The number of carbonyl (C=O) groups is 3. The molecule has 0 heterocycles. The van der Waals surface area contributed by atoms with E-state index >= 15 is 0 Å². The maximum atomic E-state index is 12.7. The van der Waals surface area contributed by atoms with E-state index in [1.165, 1.54) is 116 Å². The van der Waals surface area contributed by atoms with E-state index in [1.807, 2.05) is 0 Å². The molecule has 0 aromatic rings. The zero-order valence-corrected chi connectivity index (χ0v) is 40.2. The topological polar surface area (TPSA) is 78.9 Å². The Labute approximate surface area is 377 Å². The molecule has 0 rings (SSSR count). The van der Waals surface area contributed by atoms with Crippen LogP contribution in [0.3, 0.4) is 0 Å².